The van der Waals surface area contributed by atoms with Gasteiger partial charge in [0.25, 0.3) is 0 Å². The van der Waals surface area contributed by atoms with Crippen molar-refractivity contribution in [2.24, 2.45) is 0 Å². The van der Waals surface area contributed by atoms with E-state index in [4.69, 9.17) is 4.74 Å². The van der Waals surface area contributed by atoms with Gasteiger partial charge in [0.1, 0.15) is 12.4 Å². The van der Waals surface area contributed by atoms with Crippen LogP contribution in [-0.2, 0) is 0 Å². The summed E-state index contributed by atoms with van der Waals surface area (Å²) in [6, 6.07) is 6.29. The van der Waals surface area contributed by atoms with Crippen molar-refractivity contribution >= 4 is 45.2 Å². The molecule has 0 amide bonds. The Morgan fingerprint density at radius 2 is 1.62 bits per heavy atom. The maximum Gasteiger partial charge on any atom is 0.121 e. The normalized spacial score (nSPS) is 10.8. The molecule has 2 nitrogen and oxygen atoms in total. The van der Waals surface area contributed by atoms with Gasteiger partial charge in [-0.15, -0.1) is 0 Å². The van der Waals surface area contributed by atoms with E-state index >= 15 is 0 Å². The molecule has 16 heavy (non-hydrogen) atoms. The number of likely N-dealkylation sites (N-methyl/N-ethyl adjacent to an activating group) is 1. The first-order valence-corrected chi connectivity index (χ1v) is 7.62. The van der Waals surface area contributed by atoms with E-state index in [9.17, 15) is 0 Å². The van der Waals surface area contributed by atoms with Gasteiger partial charge in [0, 0.05) is 13.7 Å². The van der Waals surface area contributed by atoms with Crippen LogP contribution in [0, 0.1) is 7.14 Å². The summed E-state index contributed by atoms with van der Waals surface area (Å²) in [7, 11) is 0. The van der Waals surface area contributed by atoms with Gasteiger partial charge in [0.05, 0.1) is 0 Å². The summed E-state index contributed by atoms with van der Waals surface area (Å²) in [4.78, 5) is 2.36. The van der Waals surface area contributed by atoms with Crippen LogP contribution in [0.2, 0.25) is 0 Å². The Labute approximate surface area is 125 Å². The van der Waals surface area contributed by atoms with Gasteiger partial charge in [-0.1, -0.05) is 13.8 Å². The van der Waals surface area contributed by atoms with Crippen molar-refractivity contribution in [1.29, 1.82) is 0 Å². The van der Waals surface area contributed by atoms with Gasteiger partial charge in [-0.3, -0.25) is 0 Å². The first kappa shape index (κ1) is 14.5. The fourth-order valence-electron chi connectivity index (χ4n) is 1.44. The van der Waals surface area contributed by atoms with Crippen LogP contribution in [0.25, 0.3) is 0 Å². The zero-order valence-electron chi connectivity index (χ0n) is 9.67. The lowest BCUT2D eigenvalue weighted by molar-refractivity contribution is 0.222. The van der Waals surface area contributed by atoms with Gasteiger partial charge in [-0.05, 0) is 76.5 Å². The molecule has 1 aromatic carbocycles. The van der Waals surface area contributed by atoms with Crippen molar-refractivity contribution in [3.8, 4) is 5.75 Å². The van der Waals surface area contributed by atoms with Crippen LogP contribution >= 0.6 is 45.2 Å². The van der Waals surface area contributed by atoms with E-state index in [0.29, 0.717) is 0 Å². The number of rotatable bonds is 6. The summed E-state index contributed by atoms with van der Waals surface area (Å²) in [5, 5.41) is 0. The molecule has 0 N–H and O–H groups in total. The summed E-state index contributed by atoms with van der Waals surface area (Å²) in [5.74, 6) is 0.975. The number of ether oxygens (including phenoxy) is 1. The average Bonchev–Trinajstić information content (AvgIpc) is 2.23. The van der Waals surface area contributed by atoms with Gasteiger partial charge >= 0.3 is 0 Å². The van der Waals surface area contributed by atoms with Crippen molar-refractivity contribution in [2.75, 3.05) is 26.2 Å². The first-order valence-electron chi connectivity index (χ1n) is 5.47. The zero-order chi connectivity index (χ0) is 12.0. The van der Waals surface area contributed by atoms with E-state index in [0.717, 1.165) is 32.0 Å². The molecule has 1 aromatic rings. The first-order chi connectivity index (χ1) is 7.65. The highest BCUT2D eigenvalue weighted by Crippen LogP contribution is 2.19. The third-order valence-electron chi connectivity index (χ3n) is 2.41. The topological polar surface area (TPSA) is 12.5 Å². The molecule has 1 rings (SSSR count). The minimum Gasteiger partial charge on any atom is -0.492 e. The second-order valence-corrected chi connectivity index (χ2v) is 5.97. The molecule has 0 saturated carbocycles. The van der Waals surface area contributed by atoms with Crippen LogP contribution in [0.5, 0.6) is 5.75 Å². The standard InChI is InChI=1S/C12H17I2NO/c1-3-15(4-2)5-6-16-12-8-10(13)7-11(14)9-12/h7-9H,3-6H2,1-2H3. The Morgan fingerprint density at radius 3 is 2.12 bits per heavy atom. The molecular weight excluding hydrogens is 428 g/mol. The van der Waals surface area contributed by atoms with Crippen LogP contribution in [0.4, 0.5) is 0 Å². The predicted octanol–water partition coefficient (Wildman–Crippen LogP) is 3.62. The molecule has 0 heterocycles. The lowest BCUT2D eigenvalue weighted by Crippen LogP contribution is -2.27. The molecule has 0 aliphatic carbocycles. The highest BCUT2D eigenvalue weighted by Gasteiger charge is 2.01. The second-order valence-electron chi connectivity index (χ2n) is 3.48. The zero-order valence-corrected chi connectivity index (χ0v) is 14.0. The summed E-state index contributed by atoms with van der Waals surface area (Å²) in [5.41, 5.74) is 0. The van der Waals surface area contributed by atoms with Crippen LogP contribution in [0.3, 0.4) is 0 Å². The fourth-order valence-corrected chi connectivity index (χ4v) is 3.32. The molecule has 90 valence electrons. The molecular formula is C12H17I2NO. The molecule has 0 aliphatic heterocycles. The van der Waals surface area contributed by atoms with Crippen LogP contribution < -0.4 is 4.74 Å². The molecule has 0 fully saturated rings. The molecule has 0 unspecified atom stereocenters. The molecule has 0 atom stereocenters. The van der Waals surface area contributed by atoms with E-state index in [1.54, 1.807) is 0 Å². The third kappa shape index (κ3) is 5.18. The predicted molar refractivity (Wildman–Crippen MR) is 85.2 cm³/mol. The Bertz CT molecular complexity index is 307. The monoisotopic (exact) mass is 445 g/mol. The lowest BCUT2D eigenvalue weighted by Gasteiger charge is -2.18. The van der Waals surface area contributed by atoms with E-state index in [2.05, 4.69) is 82.1 Å². The Morgan fingerprint density at radius 1 is 1.06 bits per heavy atom. The van der Waals surface area contributed by atoms with Crippen molar-refractivity contribution < 1.29 is 4.74 Å². The molecule has 0 aliphatic rings. The van der Waals surface area contributed by atoms with Gasteiger partial charge in [0.15, 0.2) is 0 Å². The SMILES string of the molecule is CCN(CC)CCOc1cc(I)cc(I)c1. The number of benzene rings is 1. The Balaban J connectivity index is 2.42. The fraction of sp³-hybridized carbons (Fsp3) is 0.500. The second kappa shape index (κ2) is 7.71. The maximum atomic E-state index is 5.75. The number of hydrogen-bond donors (Lipinski definition) is 0. The number of hydrogen-bond acceptors (Lipinski definition) is 2. The molecule has 0 radical (unpaired) electrons. The van der Waals surface area contributed by atoms with Crippen molar-refractivity contribution in [3.05, 3.63) is 25.3 Å². The molecule has 4 heteroatoms. The van der Waals surface area contributed by atoms with Crippen LogP contribution in [-0.4, -0.2) is 31.1 Å². The van der Waals surface area contributed by atoms with Gasteiger partial charge in [-0.2, -0.15) is 0 Å². The summed E-state index contributed by atoms with van der Waals surface area (Å²) >= 11 is 4.63. The smallest absolute Gasteiger partial charge is 0.121 e. The van der Waals surface area contributed by atoms with E-state index in [1.807, 2.05) is 0 Å². The molecule has 0 spiro atoms. The van der Waals surface area contributed by atoms with E-state index in [1.165, 1.54) is 7.14 Å². The van der Waals surface area contributed by atoms with Crippen LogP contribution in [0.1, 0.15) is 13.8 Å². The average molecular weight is 445 g/mol. The molecule has 0 bridgehead atoms. The Hall–Kier alpha value is 0.440. The van der Waals surface area contributed by atoms with Crippen molar-refractivity contribution in [2.45, 2.75) is 13.8 Å². The highest BCUT2D eigenvalue weighted by molar-refractivity contribution is 14.1. The lowest BCUT2D eigenvalue weighted by atomic mass is 10.3. The third-order valence-corrected chi connectivity index (χ3v) is 3.65. The van der Waals surface area contributed by atoms with Gasteiger partial charge < -0.3 is 9.64 Å². The van der Waals surface area contributed by atoms with E-state index < -0.39 is 0 Å². The number of halogens is 2. The Kier molecular flexibility index (Phi) is 6.98. The number of nitrogens with zero attached hydrogens (tertiary/aromatic N) is 1. The largest absolute Gasteiger partial charge is 0.492 e. The minimum atomic E-state index is 0.762. The van der Waals surface area contributed by atoms with Crippen molar-refractivity contribution in [1.82, 2.24) is 4.90 Å². The van der Waals surface area contributed by atoms with Gasteiger partial charge in [0.2, 0.25) is 0 Å². The van der Waals surface area contributed by atoms with Crippen molar-refractivity contribution in [3.63, 3.8) is 0 Å². The highest BCUT2D eigenvalue weighted by atomic mass is 127. The van der Waals surface area contributed by atoms with Crippen LogP contribution in [0.15, 0.2) is 18.2 Å². The van der Waals surface area contributed by atoms with Gasteiger partial charge in [-0.25, -0.2) is 0 Å². The van der Waals surface area contributed by atoms with E-state index in [-0.39, 0.29) is 0 Å². The quantitative estimate of drug-likeness (QED) is 0.621. The maximum absolute atomic E-state index is 5.75. The molecule has 0 aromatic heterocycles. The minimum absolute atomic E-state index is 0.762. The summed E-state index contributed by atoms with van der Waals surface area (Å²) < 4.78 is 8.20. The summed E-state index contributed by atoms with van der Waals surface area (Å²) in [6.07, 6.45) is 0. The molecule has 0 saturated heterocycles. The summed E-state index contributed by atoms with van der Waals surface area (Å²) in [6.45, 7) is 8.29.